The molecule has 0 unspecified atom stereocenters. The molecule has 0 bridgehead atoms. The summed E-state index contributed by atoms with van der Waals surface area (Å²) in [5.74, 6) is -2.60. The van der Waals surface area contributed by atoms with E-state index >= 15 is 0 Å². The largest absolute Gasteiger partial charge is 0.477 e. The second-order valence-corrected chi connectivity index (χ2v) is 3.16. The lowest BCUT2D eigenvalue weighted by molar-refractivity contribution is 0.0644. The molecule has 0 aliphatic heterocycles. The van der Waals surface area contributed by atoms with Gasteiger partial charge in [0.25, 0.3) is 0 Å². The first-order chi connectivity index (χ1) is 8.09. The average Bonchev–Trinajstić information content (AvgIpc) is 2.75. The zero-order chi connectivity index (χ0) is 12.4. The molecule has 0 aromatic carbocycles. The van der Waals surface area contributed by atoms with Crippen molar-refractivity contribution in [3.8, 4) is 11.4 Å². The number of aromatic nitrogens is 3. The summed E-state index contributed by atoms with van der Waals surface area (Å²) < 4.78 is 0. The van der Waals surface area contributed by atoms with Crippen LogP contribution in [0.25, 0.3) is 11.4 Å². The van der Waals surface area contributed by atoms with Crippen LogP contribution in [0.4, 0.5) is 0 Å². The monoisotopic (exact) mass is 233 g/mol. The van der Waals surface area contributed by atoms with Crippen molar-refractivity contribution >= 4 is 11.9 Å². The van der Waals surface area contributed by atoms with Gasteiger partial charge in [-0.2, -0.15) is 0 Å². The van der Waals surface area contributed by atoms with E-state index in [1.807, 2.05) is 0 Å². The smallest absolute Gasteiger partial charge is 0.357 e. The first-order valence-corrected chi connectivity index (χ1v) is 4.56. The summed E-state index contributed by atoms with van der Waals surface area (Å²) in [5, 5.41) is 17.6. The fraction of sp³-hybridized carbons (Fsp3) is 0. The van der Waals surface area contributed by atoms with Crippen LogP contribution >= 0.6 is 0 Å². The topological polar surface area (TPSA) is 116 Å². The van der Waals surface area contributed by atoms with Crippen molar-refractivity contribution in [2.24, 2.45) is 0 Å². The Hall–Kier alpha value is -2.70. The third-order valence-corrected chi connectivity index (χ3v) is 2.06. The van der Waals surface area contributed by atoms with Gasteiger partial charge in [-0.05, 0) is 12.1 Å². The van der Waals surface area contributed by atoms with E-state index in [4.69, 9.17) is 10.2 Å². The molecule has 3 N–H and O–H groups in total. The number of nitrogens with one attached hydrogen (secondary N) is 1. The molecule has 2 rings (SSSR count). The maximum atomic E-state index is 10.8. The number of pyridine rings is 1. The molecule has 0 spiro atoms. The number of carboxylic acid groups (broad SMARTS) is 2. The molecule has 7 heteroatoms. The maximum Gasteiger partial charge on any atom is 0.357 e. The molecule has 17 heavy (non-hydrogen) atoms. The molecule has 0 saturated carbocycles. The van der Waals surface area contributed by atoms with E-state index in [1.54, 1.807) is 18.3 Å². The van der Waals surface area contributed by atoms with Gasteiger partial charge in [-0.3, -0.25) is 4.98 Å². The second-order valence-electron chi connectivity index (χ2n) is 3.16. The average molecular weight is 233 g/mol. The molecule has 0 radical (unpaired) electrons. The molecule has 2 aromatic rings. The van der Waals surface area contributed by atoms with Crippen LogP contribution in [0.3, 0.4) is 0 Å². The number of nitrogens with zero attached hydrogens (tertiary/aromatic N) is 2. The highest BCUT2D eigenvalue weighted by Gasteiger charge is 2.22. The highest BCUT2D eigenvalue weighted by atomic mass is 16.4. The number of carbonyl (C=O) groups is 2. The van der Waals surface area contributed by atoms with E-state index in [-0.39, 0.29) is 5.82 Å². The van der Waals surface area contributed by atoms with E-state index in [9.17, 15) is 9.59 Å². The minimum atomic E-state index is -1.39. The van der Waals surface area contributed by atoms with Gasteiger partial charge < -0.3 is 15.2 Å². The predicted molar refractivity (Wildman–Crippen MR) is 55.7 cm³/mol. The first kappa shape index (κ1) is 10.8. The summed E-state index contributed by atoms with van der Waals surface area (Å²) in [6.45, 7) is 0. The van der Waals surface area contributed by atoms with Crippen LogP contribution in [0.2, 0.25) is 0 Å². The number of rotatable bonds is 3. The van der Waals surface area contributed by atoms with Gasteiger partial charge in [0.05, 0.1) is 0 Å². The van der Waals surface area contributed by atoms with Crippen LogP contribution < -0.4 is 0 Å². The van der Waals surface area contributed by atoms with Crippen molar-refractivity contribution in [2.45, 2.75) is 0 Å². The van der Waals surface area contributed by atoms with E-state index < -0.39 is 23.3 Å². The minimum Gasteiger partial charge on any atom is -0.477 e. The molecule has 7 nitrogen and oxygen atoms in total. The Bertz CT molecular complexity index is 545. The highest BCUT2D eigenvalue weighted by Crippen LogP contribution is 2.17. The van der Waals surface area contributed by atoms with Crippen LogP contribution in [0.1, 0.15) is 21.0 Å². The van der Waals surface area contributed by atoms with Crippen molar-refractivity contribution in [1.29, 1.82) is 0 Å². The Morgan fingerprint density at radius 2 is 2.00 bits per heavy atom. The minimum absolute atomic E-state index is 0.160. The van der Waals surface area contributed by atoms with Gasteiger partial charge in [-0.15, -0.1) is 0 Å². The Labute approximate surface area is 94.8 Å². The summed E-state index contributed by atoms with van der Waals surface area (Å²) in [5.41, 5.74) is -0.449. The van der Waals surface area contributed by atoms with Gasteiger partial charge in [-0.1, -0.05) is 0 Å². The molecule has 2 aromatic heterocycles. The summed E-state index contributed by atoms with van der Waals surface area (Å²) in [7, 11) is 0. The quantitative estimate of drug-likeness (QED) is 0.724. The number of hydrogen-bond donors (Lipinski definition) is 3. The Balaban J connectivity index is 2.55. The zero-order valence-corrected chi connectivity index (χ0v) is 8.41. The molecule has 0 aliphatic rings. The number of carboxylic acids is 2. The molecular weight excluding hydrogens is 226 g/mol. The third-order valence-electron chi connectivity index (χ3n) is 2.06. The maximum absolute atomic E-state index is 10.8. The first-order valence-electron chi connectivity index (χ1n) is 4.56. The third kappa shape index (κ3) is 1.98. The molecule has 2 heterocycles. The van der Waals surface area contributed by atoms with E-state index in [0.717, 1.165) is 0 Å². The number of H-pyrrole nitrogens is 1. The molecule has 0 saturated heterocycles. The fourth-order valence-corrected chi connectivity index (χ4v) is 1.32. The van der Waals surface area contributed by atoms with Crippen LogP contribution in [0.15, 0.2) is 24.5 Å². The van der Waals surface area contributed by atoms with Crippen LogP contribution in [0.5, 0.6) is 0 Å². The van der Waals surface area contributed by atoms with Gasteiger partial charge in [0.15, 0.2) is 11.4 Å². The number of hydrogen-bond acceptors (Lipinski definition) is 4. The Morgan fingerprint density at radius 3 is 2.47 bits per heavy atom. The highest BCUT2D eigenvalue weighted by molar-refractivity contribution is 5.99. The number of aromatic amines is 1. The summed E-state index contributed by atoms with van der Waals surface area (Å²) in [6, 6.07) is 3.28. The van der Waals surface area contributed by atoms with E-state index in [1.165, 1.54) is 6.20 Å². The van der Waals surface area contributed by atoms with E-state index in [0.29, 0.717) is 5.56 Å². The van der Waals surface area contributed by atoms with Gasteiger partial charge in [0.2, 0.25) is 0 Å². The van der Waals surface area contributed by atoms with Crippen molar-refractivity contribution in [3.05, 3.63) is 35.9 Å². The standard InChI is InChI=1S/C10H7N3O4/c14-9(15)6-7(10(16)17)13-8(12-6)5-2-1-3-11-4-5/h1-4H,(H,12,13)(H,14,15)(H,16,17). The van der Waals surface area contributed by atoms with Crippen molar-refractivity contribution < 1.29 is 19.8 Å². The lowest BCUT2D eigenvalue weighted by Crippen LogP contribution is -2.07. The molecule has 0 amide bonds. The predicted octanol–water partition coefficient (Wildman–Crippen LogP) is 0.868. The molecule has 0 fully saturated rings. The second kappa shape index (κ2) is 4.05. The van der Waals surface area contributed by atoms with Gasteiger partial charge >= 0.3 is 11.9 Å². The van der Waals surface area contributed by atoms with Gasteiger partial charge in [-0.25, -0.2) is 14.6 Å². The molecule has 86 valence electrons. The van der Waals surface area contributed by atoms with E-state index in [2.05, 4.69) is 15.0 Å². The van der Waals surface area contributed by atoms with Crippen molar-refractivity contribution in [3.63, 3.8) is 0 Å². The lowest BCUT2D eigenvalue weighted by atomic mass is 10.3. The summed E-state index contributed by atoms with van der Waals surface area (Å²) >= 11 is 0. The normalized spacial score (nSPS) is 10.1. The number of imidazole rings is 1. The SMILES string of the molecule is O=C(O)c1nc(-c2cccnc2)[nH]c1C(=O)O. The van der Waals surface area contributed by atoms with Crippen molar-refractivity contribution in [1.82, 2.24) is 15.0 Å². The van der Waals surface area contributed by atoms with Gasteiger partial charge in [0, 0.05) is 18.0 Å². The number of aromatic carboxylic acids is 2. The van der Waals surface area contributed by atoms with Crippen LogP contribution in [-0.2, 0) is 0 Å². The summed E-state index contributed by atoms with van der Waals surface area (Å²) in [4.78, 5) is 31.6. The van der Waals surface area contributed by atoms with Crippen LogP contribution in [-0.4, -0.2) is 37.1 Å². The summed E-state index contributed by atoms with van der Waals surface area (Å²) in [6.07, 6.45) is 3.00. The fourth-order valence-electron chi connectivity index (χ4n) is 1.32. The lowest BCUT2D eigenvalue weighted by Gasteiger charge is -1.93. The van der Waals surface area contributed by atoms with Crippen LogP contribution in [0, 0.1) is 0 Å². The zero-order valence-electron chi connectivity index (χ0n) is 8.41. The Kier molecular flexibility index (Phi) is 2.57. The molecule has 0 aliphatic carbocycles. The van der Waals surface area contributed by atoms with Gasteiger partial charge in [0.1, 0.15) is 5.82 Å². The molecular formula is C10H7N3O4. The van der Waals surface area contributed by atoms with Crippen molar-refractivity contribution in [2.75, 3.05) is 0 Å². The molecule has 0 atom stereocenters. The Morgan fingerprint density at radius 1 is 1.24 bits per heavy atom.